The van der Waals surface area contributed by atoms with Crippen LogP contribution in [0.2, 0.25) is 0 Å². The molecule has 0 aliphatic rings. The molecule has 0 aromatic heterocycles. The lowest BCUT2D eigenvalue weighted by atomic mass is 10.0. The van der Waals surface area contributed by atoms with Crippen LogP contribution in [-0.4, -0.2) is 30.7 Å². The number of amidine groups is 1. The zero-order chi connectivity index (χ0) is 15.0. The molecule has 0 aliphatic carbocycles. The molecule has 1 atom stereocenters. The smallest absolute Gasteiger partial charge is 0.235 e. The van der Waals surface area contributed by atoms with Gasteiger partial charge in [-0.3, -0.25) is 4.79 Å². The Hall–Kier alpha value is -2.08. The van der Waals surface area contributed by atoms with Crippen LogP contribution in [-0.2, 0) is 16.0 Å². The maximum absolute atomic E-state index is 12.2. The number of nitrogens with two attached hydrogens (primary N) is 1. The Balaban J connectivity index is 2.84. The lowest BCUT2D eigenvalue weighted by Crippen LogP contribution is -2.34. The van der Waals surface area contributed by atoms with Crippen molar-refractivity contribution in [2.45, 2.75) is 19.8 Å². The largest absolute Gasteiger partial charge is 0.409 e. The van der Waals surface area contributed by atoms with Crippen molar-refractivity contribution in [3.63, 3.8) is 0 Å². The number of rotatable bonds is 7. The average Bonchev–Trinajstić information content (AvgIpc) is 2.46. The van der Waals surface area contributed by atoms with Gasteiger partial charge >= 0.3 is 0 Å². The SMILES string of the molecule is CCC(C(=O)Nc1ccccc1CCOC)/C(N)=N/O. The number of ether oxygens (including phenoxy) is 1. The summed E-state index contributed by atoms with van der Waals surface area (Å²) in [6, 6.07) is 7.50. The van der Waals surface area contributed by atoms with Gasteiger partial charge in [-0.1, -0.05) is 30.3 Å². The minimum Gasteiger partial charge on any atom is -0.409 e. The van der Waals surface area contributed by atoms with Crippen molar-refractivity contribution in [1.29, 1.82) is 0 Å². The fourth-order valence-corrected chi connectivity index (χ4v) is 1.89. The highest BCUT2D eigenvalue weighted by molar-refractivity contribution is 6.07. The van der Waals surface area contributed by atoms with Crippen molar-refractivity contribution in [2.24, 2.45) is 16.8 Å². The third kappa shape index (κ3) is 4.24. The van der Waals surface area contributed by atoms with Crippen LogP contribution in [0.4, 0.5) is 5.69 Å². The first-order valence-electron chi connectivity index (χ1n) is 6.49. The maximum atomic E-state index is 12.2. The van der Waals surface area contributed by atoms with Gasteiger partial charge in [-0.05, 0) is 24.5 Å². The summed E-state index contributed by atoms with van der Waals surface area (Å²) in [6.45, 7) is 2.38. The normalized spacial score (nSPS) is 13.0. The molecule has 6 nitrogen and oxygen atoms in total. The van der Waals surface area contributed by atoms with Gasteiger partial charge in [0.15, 0.2) is 5.84 Å². The van der Waals surface area contributed by atoms with Crippen LogP contribution in [0, 0.1) is 5.92 Å². The highest BCUT2D eigenvalue weighted by Crippen LogP contribution is 2.17. The number of anilines is 1. The summed E-state index contributed by atoms with van der Waals surface area (Å²) in [5.41, 5.74) is 7.22. The molecule has 0 heterocycles. The van der Waals surface area contributed by atoms with Crippen LogP contribution in [0.5, 0.6) is 0 Å². The molecule has 1 aromatic carbocycles. The van der Waals surface area contributed by atoms with E-state index in [9.17, 15) is 4.79 Å². The van der Waals surface area contributed by atoms with Gasteiger partial charge < -0.3 is 21.0 Å². The Kier molecular flexibility index (Phi) is 6.52. The van der Waals surface area contributed by atoms with E-state index in [1.54, 1.807) is 14.0 Å². The van der Waals surface area contributed by atoms with Gasteiger partial charge in [0, 0.05) is 12.8 Å². The summed E-state index contributed by atoms with van der Waals surface area (Å²) in [4.78, 5) is 12.2. The molecule has 1 rings (SSSR count). The monoisotopic (exact) mass is 279 g/mol. The van der Waals surface area contributed by atoms with E-state index in [4.69, 9.17) is 15.7 Å². The summed E-state index contributed by atoms with van der Waals surface area (Å²) < 4.78 is 5.05. The van der Waals surface area contributed by atoms with Crippen LogP contribution in [0.15, 0.2) is 29.4 Å². The van der Waals surface area contributed by atoms with Gasteiger partial charge in [0.25, 0.3) is 0 Å². The molecular formula is C14H21N3O3. The molecule has 0 saturated carbocycles. The standard InChI is InChI=1S/C14H21N3O3/c1-3-11(13(15)17-19)14(18)16-12-7-5-4-6-10(12)8-9-20-2/h4-7,11,19H,3,8-9H2,1-2H3,(H2,15,17)(H,16,18). The highest BCUT2D eigenvalue weighted by Gasteiger charge is 2.21. The number of carbonyl (C=O) groups excluding carboxylic acids is 1. The van der Waals surface area contributed by atoms with Gasteiger partial charge in [-0.2, -0.15) is 0 Å². The number of oxime groups is 1. The first kappa shape index (κ1) is 16.0. The minimum absolute atomic E-state index is 0.0839. The van der Waals surface area contributed by atoms with E-state index in [-0.39, 0.29) is 11.7 Å². The van der Waals surface area contributed by atoms with Gasteiger partial charge in [0.2, 0.25) is 5.91 Å². The van der Waals surface area contributed by atoms with Crippen LogP contribution >= 0.6 is 0 Å². The number of nitrogens with one attached hydrogen (secondary N) is 1. The molecule has 1 unspecified atom stereocenters. The van der Waals surface area contributed by atoms with Crippen molar-refractivity contribution in [3.05, 3.63) is 29.8 Å². The first-order chi connectivity index (χ1) is 9.63. The van der Waals surface area contributed by atoms with Crippen molar-refractivity contribution in [3.8, 4) is 0 Å². The first-order valence-corrected chi connectivity index (χ1v) is 6.49. The minimum atomic E-state index is -0.643. The Bertz CT molecular complexity index is 474. The lowest BCUT2D eigenvalue weighted by Gasteiger charge is -2.15. The van der Waals surface area contributed by atoms with E-state index in [0.717, 1.165) is 11.3 Å². The summed E-state index contributed by atoms with van der Waals surface area (Å²) in [5.74, 6) is -1.01. The number of para-hydroxylation sites is 1. The van der Waals surface area contributed by atoms with E-state index in [2.05, 4.69) is 10.5 Å². The number of carbonyl (C=O) groups is 1. The second kappa shape index (κ2) is 8.16. The van der Waals surface area contributed by atoms with E-state index in [0.29, 0.717) is 19.4 Å². The molecular weight excluding hydrogens is 258 g/mol. The summed E-state index contributed by atoms with van der Waals surface area (Å²) in [5, 5.41) is 14.4. The Morgan fingerprint density at radius 1 is 1.50 bits per heavy atom. The third-order valence-electron chi connectivity index (χ3n) is 3.05. The Labute approximate surface area is 118 Å². The van der Waals surface area contributed by atoms with Crippen LogP contribution in [0.25, 0.3) is 0 Å². The number of methoxy groups -OCH3 is 1. The second-order valence-corrected chi connectivity index (χ2v) is 4.37. The molecule has 0 fully saturated rings. The quantitative estimate of drug-likeness (QED) is 0.305. The number of nitrogens with zero attached hydrogens (tertiary/aromatic N) is 1. The number of benzene rings is 1. The topological polar surface area (TPSA) is 96.9 Å². The zero-order valence-electron chi connectivity index (χ0n) is 11.8. The number of amides is 1. The van der Waals surface area contributed by atoms with E-state index >= 15 is 0 Å². The summed E-state index contributed by atoms with van der Waals surface area (Å²) >= 11 is 0. The van der Waals surface area contributed by atoms with Crippen LogP contribution in [0.3, 0.4) is 0 Å². The second-order valence-electron chi connectivity index (χ2n) is 4.37. The van der Waals surface area contributed by atoms with Crippen LogP contribution < -0.4 is 11.1 Å². The number of hydrogen-bond acceptors (Lipinski definition) is 4. The van der Waals surface area contributed by atoms with E-state index < -0.39 is 5.92 Å². The molecule has 6 heteroatoms. The fraction of sp³-hybridized carbons (Fsp3) is 0.429. The molecule has 20 heavy (non-hydrogen) atoms. The van der Waals surface area contributed by atoms with E-state index in [1.165, 1.54) is 0 Å². The Morgan fingerprint density at radius 3 is 2.80 bits per heavy atom. The zero-order valence-corrected chi connectivity index (χ0v) is 11.8. The lowest BCUT2D eigenvalue weighted by molar-refractivity contribution is -0.118. The molecule has 4 N–H and O–H groups in total. The van der Waals surface area contributed by atoms with E-state index in [1.807, 2.05) is 24.3 Å². The summed E-state index contributed by atoms with van der Waals surface area (Å²) in [6.07, 6.45) is 1.16. The van der Waals surface area contributed by atoms with Gasteiger partial charge in [0.05, 0.1) is 12.5 Å². The summed E-state index contributed by atoms with van der Waals surface area (Å²) in [7, 11) is 1.63. The van der Waals surface area contributed by atoms with Crippen molar-refractivity contribution in [2.75, 3.05) is 19.0 Å². The predicted molar refractivity (Wildman–Crippen MR) is 77.8 cm³/mol. The fourth-order valence-electron chi connectivity index (χ4n) is 1.89. The van der Waals surface area contributed by atoms with Gasteiger partial charge in [-0.15, -0.1) is 0 Å². The molecule has 0 bridgehead atoms. The maximum Gasteiger partial charge on any atom is 0.235 e. The highest BCUT2D eigenvalue weighted by atomic mass is 16.5. The molecule has 1 amide bonds. The molecule has 0 radical (unpaired) electrons. The van der Waals surface area contributed by atoms with Gasteiger partial charge in [-0.25, -0.2) is 0 Å². The molecule has 0 aliphatic heterocycles. The molecule has 0 saturated heterocycles. The number of hydrogen-bond donors (Lipinski definition) is 3. The molecule has 1 aromatic rings. The Morgan fingerprint density at radius 2 is 2.20 bits per heavy atom. The third-order valence-corrected chi connectivity index (χ3v) is 3.05. The van der Waals surface area contributed by atoms with Crippen LogP contribution in [0.1, 0.15) is 18.9 Å². The average molecular weight is 279 g/mol. The van der Waals surface area contributed by atoms with Crippen molar-refractivity contribution >= 4 is 17.4 Å². The van der Waals surface area contributed by atoms with Crippen molar-refractivity contribution < 1.29 is 14.7 Å². The molecule has 110 valence electrons. The van der Waals surface area contributed by atoms with Gasteiger partial charge in [0.1, 0.15) is 0 Å². The predicted octanol–water partition coefficient (Wildman–Crippen LogP) is 1.59. The van der Waals surface area contributed by atoms with Crippen molar-refractivity contribution in [1.82, 2.24) is 0 Å². The molecule has 0 spiro atoms.